The molecule has 0 fully saturated rings. The quantitative estimate of drug-likeness (QED) is 0.174. The molecular formula is C57H35N5. The first-order chi connectivity index (χ1) is 30.8. The Labute approximate surface area is 356 Å². The minimum Gasteiger partial charge on any atom is -0.309 e. The Bertz CT molecular complexity index is 3930. The Kier molecular flexibility index (Phi) is 7.54. The lowest BCUT2D eigenvalue weighted by molar-refractivity contribution is 1.07. The number of benzene rings is 10. The van der Waals surface area contributed by atoms with Gasteiger partial charge in [-0.05, 0) is 80.8 Å². The first-order valence-corrected chi connectivity index (χ1v) is 21.0. The number of para-hydroxylation sites is 4. The van der Waals surface area contributed by atoms with E-state index in [4.69, 9.17) is 15.0 Å². The third-order valence-corrected chi connectivity index (χ3v) is 12.5. The van der Waals surface area contributed by atoms with Crippen molar-refractivity contribution in [2.45, 2.75) is 0 Å². The second kappa shape index (κ2) is 13.6. The summed E-state index contributed by atoms with van der Waals surface area (Å²) in [5.74, 6) is 1.83. The van der Waals surface area contributed by atoms with Crippen molar-refractivity contribution in [2.75, 3.05) is 0 Å². The third kappa shape index (κ3) is 5.18. The summed E-state index contributed by atoms with van der Waals surface area (Å²) in [6.45, 7) is 0. The van der Waals surface area contributed by atoms with Gasteiger partial charge in [-0.2, -0.15) is 0 Å². The van der Waals surface area contributed by atoms with Crippen molar-refractivity contribution in [2.24, 2.45) is 0 Å². The third-order valence-electron chi connectivity index (χ3n) is 12.5. The molecule has 0 aliphatic heterocycles. The fourth-order valence-electron chi connectivity index (χ4n) is 9.79. The van der Waals surface area contributed by atoms with E-state index in [0.717, 1.165) is 77.1 Å². The maximum atomic E-state index is 5.62. The number of hydrogen-bond acceptors (Lipinski definition) is 3. The number of hydrogen-bond donors (Lipinski definition) is 0. The van der Waals surface area contributed by atoms with Crippen LogP contribution >= 0.6 is 0 Å². The molecule has 5 nitrogen and oxygen atoms in total. The minimum absolute atomic E-state index is 0.607. The molecule has 0 bridgehead atoms. The summed E-state index contributed by atoms with van der Waals surface area (Å²) in [5.41, 5.74) is 9.32. The zero-order valence-electron chi connectivity index (χ0n) is 33.4. The monoisotopic (exact) mass is 789 g/mol. The van der Waals surface area contributed by atoms with Crippen molar-refractivity contribution >= 4 is 75.9 Å². The molecule has 0 saturated heterocycles. The second-order valence-electron chi connectivity index (χ2n) is 16.0. The molecule has 0 aliphatic rings. The van der Waals surface area contributed by atoms with Crippen molar-refractivity contribution in [1.82, 2.24) is 24.1 Å². The van der Waals surface area contributed by atoms with Gasteiger partial charge in [0.1, 0.15) is 0 Å². The summed E-state index contributed by atoms with van der Waals surface area (Å²) < 4.78 is 4.76. The molecule has 62 heavy (non-hydrogen) atoms. The first kappa shape index (κ1) is 34.5. The lowest BCUT2D eigenvalue weighted by Crippen LogP contribution is -2.05. The van der Waals surface area contributed by atoms with Gasteiger partial charge in [0.25, 0.3) is 0 Å². The lowest BCUT2D eigenvalue weighted by atomic mass is 10.0. The Morgan fingerprint density at radius 2 is 0.806 bits per heavy atom. The molecule has 3 aromatic heterocycles. The van der Waals surface area contributed by atoms with Gasteiger partial charge in [-0.1, -0.05) is 164 Å². The summed E-state index contributed by atoms with van der Waals surface area (Å²) in [6, 6.07) is 75.6. The van der Waals surface area contributed by atoms with Crippen LogP contribution in [0.1, 0.15) is 0 Å². The summed E-state index contributed by atoms with van der Waals surface area (Å²) in [6.07, 6.45) is 0. The highest BCUT2D eigenvalue weighted by molar-refractivity contribution is 6.16. The van der Waals surface area contributed by atoms with Crippen LogP contribution in [0.3, 0.4) is 0 Å². The fourth-order valence-corrected chi connectivity index (χ4v) is 9.79. The van der Waals surface area contributed by atoms with Crippen LogP contribution < -0.4 is 0 Å². The second-order valence-corrected chi connectivity index (χ2v) is 16.0. The molecule has 288 valence electrons. The Morgan fingerprint density at radius 1 is 0.290 bits per heavy atom. The van der Waals surface area contributed by atoms with E-state index in [9.17, 15) is 0 Å². The van der Waals surface area contributed by atoms with Crippen LogP contribution in [-0.4, -0.2) is 24.1 Å². The van der Waals surface area contributed by atoms with Gasteiger partial charge in [0, 0.05) is 38.4 Å². The van der Waals surface area contributed by atoms with Crippen LogP contribution in [0.15, 0.2) is 212 Å². The molecule has 0 radical (unpaired) electrons. The van der Waals surface area contributed by atoms with E-state index < -0.39 is 0 Å². The topological polar surface area (TPSA) is 48.5 Å². The van der Waals surface area contributed by atoms with Gasteiger partial charge in [-0.25, -0.2) is 15.0 Å². The van der Waals surface area contributed by atoms with Gasteiger partial charge < -0.3 is 9.13 Å². The van der Waals surface area contributed by atoms with E-state index in [2.05, 4.69) is 221 Å². The van der Waals surface area contributed by atoms with Gasteiger partial charge in [-0.3, -0.25) is 0 Å². The van der Waals surface area contributed by atoms with E-state index in [1.807, 2.05) is 0 Å². The SMILES string of the molecule is c1ccc(-n2c3ccccc3c3cccc(-c4nc(-c5cccc6ccccc56)nc(-c5c(-n6c7ccccc7c7cc8ccccc8cc76)ccc6ccccc56)n4)c32)cc1. The fraction of sp³-hybridized carbons (Fsp3) is 0. The molecule has 10 aromatic carbocycles. The van der Waals surface area contributed by atoms with Crippen LogP contribution in [0.4, 0.5) is 0 Å². The van der Waals surface area contributed by atoms with E-state index in [1.54, 1.807) is 0 Å². The van der Waals surface area contributed by atoms with Crippen molar-refractivity contribution < 1.29 is 0 Å². The smallest absolute Gasteiger partial charge is 0.166 e. The highest BCUT2D eigenvalue weighted by atomic mass is 15.1. The van der Waals surface area contributed by atoms with E-state index in [-0.39, 0.29) is 0 Å². The van der Waals surface area contributed by atoms with Crippen molar-refractivity contribution in [3.63, 3.8) is 0 Å². The summed E-state index contributed by atoms with van der Waals surface area (Å²) >= 11 is 0. The highest BCUT2D eigenvalue weighted by Gasteiger charge is 2.24. The van der Waals surface area contributed by atoms with E-state index >= 15 is 0 Å². The molecular weight excluding hydrogens is 755 g/mol. The molecule has 0 N–H and O–H groups in total. The standard InChI is InChI=1S/C57H35N5/c1-2-21-40(22-3-1)61-49-30-12-10-25-43(49)45-27-15-29-47(54(45)61)56-58-55(46-28-14-20-36-16-6-8-23-41(36)46)59-57(60-56)53-42-24-9-7-17-37(42)32-33-51(53)62-50-31-13-11-26-44(50)48-34-38-18-4-5-19-39(38)35-52(48)62/h1-35H. The molecule has 0 amide bonds. The summed E-state index contributed by atoms with van der Waals surface area (Å²) in [5, 5.41) is 11.5. The normalized spacial score (nSPS) is 11.9. The van der Waals surface area contributed by atoms with Gasteiger partial charge >= 0.3 is 0 Å². The zero-order valence-corrected chi connectivity index (χ0v) is 33.4. The molecule has 0 saturated carbocycles. The molecule has 0 aliphatic carbocycles. The molecule has 13 rings (SSSR count). The van der Waals surface area contributed by atoms with E-state index in [0.29, 0.717) is 17.5 Å². The largest absolute Gasteiger partial charge is 0.309 e. The maximum Gasteiger partial charge on any atom is 0.166 e. The van der Waals surface area contributed by atoms with Crippen LogP contribution in [0, 0.1) is 0 Å². The molecule has 5 heteroatoms. The Morgan fingerprint density at radius 3 is 1.58 bits per heavy atom. The van der Waals surface area contributed by atoms with Gasteiger partial charge in [-0.15, -0.1) is 0 Å². The molecule has 13 aromatic rings. The average Bonchev–Trinajstić information content (AvgIpc) is 3.85. The van der Waals surface area contributed by atoms with Crippen molar-refractivity contribution in [3.8, 4) is 45.5 Å². The summed E-state index contributed by atoms with van der Waals surface area (Å²) in [4.78, 5) is 16.6. The molecule has 3 heterocycles. The predicted octanol–water partition coefficient (Wildman–Crippen LogP) is 14.5. The maximum absolute atomic E-state index is 5.62. The van der Waals surface area contributed by atoms with Crippen molar-refractivity contribution in [1.29, 1.82) is 0 Å². The minimum atomic E-state index is 0.607. The predicted molar refractivity (Wildman–Crippen MR) is 257 cm³/mol. The molecule has 0 atom stereocenters. The Balaban J connectivity index is 1.18. The number of aromatic nitrogens is 5. The van der Waals surface area contributed by atoms with Crippen LogP contribution in [0.25, 0.3) is 121 Å². The first-order valence-electron chi connectivity index (χ1n) is 21.0. The van der Waals surface area contributed by atoms with Gasteiger partial charge in [0.2, 0.25) is 0 Å². The van der Waals surface area contributed by atoms with Crippen LogP contribution in [0.5, 0.6) is 0 Å². The molecule has 0 unspecified atom stereocenters. The van der Waals surface area contributed by atoms with E-state index in [1.165, 1.54) is 26.9 Å². The highest BCUT2D eigenvalue weighted by Crippen LogP contribution is 2.43. The van der Waals surface area contributed by atoms with Gasteiger partial charge in [0.05, 0.1) is 33.3 Å². The number of fused-ring (bicyclic) bond motifs is 9. The zero-order chi connectivity index (χ0) is 40.7. The average molecular weight is 790 g/mol. The van der Waals surface area contributed by atoms with Gasteiger partial charge in [0.15, 0.2) is 17.5 Å². The van der Waals surface area contributed by atoms with Crippen molar-refractivity contribution in [3.05, 3.63) is 212 Å². The number of rotatable bonds is 5. The lowest BCUT2D eigenvalue weighted by Gasteiger charge is -2.18. The summed E-state index contributed by atoms with van der Waals surface area (Å²) in [7, 11) is 0. The number of nitrogens with zero attached hydrogens (tertiary/aromatic N) is 5. The van der Waals surface area contributed by atoms with Crippen LogP contribution in [-0.2, 0) is 0 Å². The Hall–Kier alpha value is -8.41. The molecule has 0 spiro atoms. The van der Waals surface area contributed by atoms with Crippen LogP contribution in [0.2, 0.25) is 0 Å².